The van der Waals surface area contributed by atoms with Gasteiger partial charge in [0.05, 0.1) is 12.6 Å². The van der Waals surface area contributed by atoms with Crippen LogP contribution < -0.4 is 0 Å². The molecule has 4 aliphatic carbocycles. The van der Waals surface area contributed by atoms with E-state index in [0.29, 0.717) is 19.5 Å². The van der Waals surface area contributed by atoms with Crippen LogP contribution in [0.15, 0.2) is 35.9 Å². The maximum atomic E-state index is 17.3. The molecule has 0 amide bonds. The molecule has 0 unspecified atom stereocenters. The molecular weight excluding hydrogens is 488 g/mol. The first-order chi connectivity index (χ1) is 16.9. The number of carbonyl (C=O) groups is 2. The molecule has 1 aromatic rings. The van der Waals surface area contributed by atoms with Crippen LogP contribution in [0.1, 0.15) is 42.9 Å². The average molecular weight is 520 g/mol. The van der Waals surface area contributed by atoms with Gasteiger partial charge in [0.2, 0.25) is 0 Å². The van der Waals surface area contributed by atoms with Gasteiger partial charge in [-0.15, -0.1) is 11.3 Å². The fraction of sp³-hybridized carbons (Fsp3) is 0.630. The highest BCUT2D eigenvalue weighted by atomic mass is 32.1. The summed E-state index contributed by atoms with van der Waals surface area (Å²) >= 11 is 1.62. The number of hydrogen-bond acceptors (Lipinski definition) is 6. The maximum absolute atomic E-state index is 17.3. The van der Waals surface area contributed by atoms with Crippen molar-refractivity contribution in [3.63, 3.8) is 0 Å². The van der Waals surface area contributed by atoms with E-state index < -0.39 is 63.9 Å². The van der Waals surface area contributed by atoms with Crippen LogP contribution >= 0.6 is 11.3 Å². The van der Waals surface area contributed by atoms with Crippen molar-refractivity contribution in [2.75, 3.05) is 6.54 Å². The molecule has 1 saturated heterocycles. The van der Waals surface area contributed by atoms with Crippen LogP contribution in [0, 0.1) is 35.5 Å². The predicted molar refractivity (Wildman–Crippen MR) is 128 cm³/mol. The fourth-order valence-corrected chi connectivity index (χ4v) is 9.42. The Hall–Kier alpha value is -1.94. The van der Waals surface area contributed by atoms with Gasteiger partial charge in [-0.25, -0.2) is 13.6 Å². The van der Waals surface area contributed by atoms with E-state index in [1.54, 1.807) is 30.2 Å². The van der Waals surface area contributed by atoms with Crippen molar-refractivity contribution >= 4 is 23.1 Å². The van der Waals surface area contributed by atoms with Crippen molar-refractivity contribution in [1.82, 2.24) is 5.06 Å². The molecule has 9 heteroatoms. The summed E-state index contributed by atoms with van der Waals surface area (Å²) in [6.45, 7) is 6.14. The highest BCUT2D eigenvalue weighted by Crippen LogP contribution is 2.72. The van der Waals surface area contributed by atoms with Crippen molar-refractivity contribution in [2.45, 2.75) is 70.1 Å². The third-order valence-corrected chi connectivity index (χ3v) is 11.1. The predicted octanol–water partition coefficient (Wildman–Crippen LogP) is 4.17. The summed E-state index contributed by atoms with van der Waals surface area (Å²) in [5, 5.41) is 23.7. The van der Waals surface area contributed by atoms with E-state index >= 15 is 8.78 Å². The van der Waals surface area contributed by atoms with Gasteiger partial charge in [0.1, 0.15) is 6.17 Å². The van der Waals surface area contributed by atoms with Crippen LogP contribution in [0.2, 0.25) is 0 Å². The Labute approximate surface area is 212 Å². The molecule has 6 nitrogen and oxygen atoms in total. The number of thiophene rings is 1. The van der Waals surface area contributed by atoms with Gasteiger partial charge in [-0.05, 0) is 68.9 Å². The number of carbonyl (C=O) groups excluding carboxylic acids is 1. The Bertz CT molecular complexity index is 1210. The molecule has 0 aromatic carbocycles. The van der Waals surface area contributed by atoms with E-state index in [1.807, 2.05) is 19.1 Å². The van der Waals surface area contributed by atoms with Crippen LogP contribution in [-0.2, 0) is 21.0 Å². The molecule has 3 saturated carbocycles. The third kappa shape index (κ3) is 2.80. The van der Waals surface area contributed by atoms with E-state index in [-0.39, 0.29) is 18.4 Å². The maximum Gasteiger partial charge on any atom is 0.339 e. The van der Waals surface area contributed by atoms with E-state index in [2.05, 4.69) is 0 Å². The van der Waals surface area contributed by atoms with E-state index in [0.717, 1.165) is 15.8 Å². The summed E-state index contributed by atoms with van der Waals surface area (Å²) in [5.41, 5.74) is -6.38. The summed E-state index contributed by atoms with van der Waals surface area (Å²) in [6, 6.07) is 4.00. The number of halogens is 2. The van der Waals surface area contributed by atoms with Gasteiger partial charge in [-0.3, -0.25) is 9.63 Å². The summed E-state index contributed by atoms with van der Waals surface area (Å²) < 4.78 is 32.9. The average Bonchev–Trinajstić information content (AvgIpc) is 3.44. The monoisotopic (exact) mass is 519 g/mol. The zero-order valence-corrected chi connectivity index (χ0v) is 21.4. The highest BCUT2D eigenvalue weighted by Gasteiger charge is 2.80. The number of allylic oxidation sites excluding steroid dienone is 4. The van der Waals surface area contributed by atoms with Gasteiger partial charge < -0.3 is 10.2 Å². The third-order valence-electron chi connectivity index (χ3n) is 10.1. The summed E-state index contributed by atoms with van der Waals surface area (Å²) in [5.74, 6) is -3.35. The van der Waals surface area contributed by atoms with E-state index in [9.17, 15) is 19.8 Å². The van der Waals surface area contributed by atoms with Crippen molar-refractivity contribution in [1.29, 1.82) is 0 Å². The lowest BCUT2D eigenvalue weighted by Gasteiger charge is -2.62. The standard InChI is InChI=1S/C27H31F2NO5S/c1-14-4-5-17(36-14)13-30-12-15-8-18-19-10-21(28)20-9-16(31)6-7-24(20,2)26(19,29)22(32)11-25(18,3)27(15,35-30)23(33)34/h4-7,9,15,18-19,21-22,32H,8,10-13H2,1-3H3,(H,33,34)/t15-,18-,19-,21-,22-,24-,25-,26-,27-/m0/s1. The van der Waals surface area contributed by atoms with Crippen molar-refractivity contribution in [2.24, 2.45) is 28.6 Å². The molecule has 0 spiro atoms. The SMILES string of the molecule is Cc1ccc(CN2C[C@@H]3C[C@H]4[C@@H]5C[C@H](F)C6=CC(=O)C=C[C@]6(C)[C@@]5(F)[C@@H](O)C[C@]4(C)[C@]3(C(=O)O)O2)s1. The molecule has 4 fully saturated rings. The van der Waals surface area contributed by atoms with Gasteiger partial charge in [0.25, 0.3) is 0 Å². The molecule has 2 N–H and O–H groups in total. The lowest BCUT2D eigenvalue weighted by molar-refractivity contribution is -0.275. The largest absolute Gasteiger partial charge is 0.479 e. The number of hydrogen-bond donors (Lipinski definition) is 2. The number of aliphatic carboxylic acids is 1. The second kappa shape index (κ2) is 7.56. The molecule has 0 bridgehead atoms. The normalized spacial score (nSPS) is 47.7. The van der Waals surface area contributed by atoms with Gasteiger partial charge >= 0.3 is 5.97 Å². The van der Waals surface area contributed by atoms with Gasteiger partial charge in [-0.1, -0.05) is 13.0 Å². The number of fused-ring (bicyclic) bond motifs is 7. The minimum atomic E-state index is -2.23. The lowest BCUT2D eigenvalue weighted by Crippen LogP contribution is -2.70. The van der Waals surface area contributed by atoms with Crippen LogP contribution in [0.5, 0.6) is 0 Å². The number of hydroxylamine groups is 2. The van der Waals surface area contributed by atoms with Crippen molar-refractivity contribution in [3.05, 3.63) is 45.7 Å². The molecule has 1 aromatic heterocycles. The van der Waals surface area contributed by atoms with Crippen LogP contribution in [0.4, 0.5) is 8.78 Å². The van der Waals surface area contributed by atoms with Crippen molar-refractivity contribution in [3.8, 4) is 0 Å². The second-order valence-electron chi connectivity index (χ2n) is 11.8. The number of alkyl halides is 2. The summed E-state index contributed by atoms with van der Waals surface area (Å²) in [6.07, 6.45) is 0.768. The first-order valence-corrected chi connectivity index (χ1v) is 13.4. The number of aliphatic hydroxyl groups excluding tert-OH is 1. The zero-order valence-electron chi connectivity index (χ0n) is 20.5. The number of aliphatic hydroxyl groups is 1. The van der Waals surface area contributed by atoms with Gasteiger partial charge in [0, 0.05) is 39.0 Å². The number of carboxylic acid groups (broad SMARTS) is 1. The Kier molecular flexibility index (Phi) is 5.12. The van der Waals surface area contributed by atoms with E-state index in [1.165, 1.54) is 12.2 Å². The van der Waals surface area contributed by atoms with E-state index in [4.69, 9.17) is 4.84 Å². The first kappa shape index (κ1) is 24.4. The molecule has 0 radical (unpaired) electrons. The Balaban J connectivity index is 1.39. The zero-order chi connectivity index (χ0) is 25.8. The molecule has 9 atom stereocenters. The van der Waals surface area contributed by atoms with Gasteiger partial charge in [-0.2, -0.15) is 5.06 Å². The highest BCUT2D eigenvalue weighted by molar-refractivity contribution is 7.11. The molecule has 2 heterocycles. The quantitative estimate of drug-likeness (QED) is 0.624. The molecule has 36 heavy (non-hydrogen) atoms. The summed E-state index contributed by atoms with van der Waals surface area (Å²) in [4.78, 5) is 33.4. The topological polar surface area (TPSA) is 87.1 Å². The first-order valence-electron chi connectivity index (χ1n) is 12.6. The Morgan fingerprint density at radius 3 is 2.69 bits per heavy atom. The number of nitrogens with zero attached hydrogens (tertiary/aromatic N) is 1. The number of carboxylic acids is 1. The number of rotatable bonds is 3. The van der Waals surface area contributed by atoms with Crippen LogP contribution in [-0.4, -0.2) is 57.1 Å². The van der Waals surface area contributed by atoms with Gasteiger partial charge in [0.15, 0.2) is 17.1 Å². The fourth-order valence-electron chi connectivity index (χ4n) is 8.52. The van der Waals surface area contributed by atoms with Crippen LogP contribution in [0.3, 0.4) is 0 Å². The number of ketones is 1. The molecule has 1 aliphatic heterocycles. The smallest absolute Gasteiger partial charge is 0.339 e. The lowest BCUT2D eigenvalue weighted by atomic mass is 9.44. The Morgan fingerprint density at radius 2 is 2.03 bits per heavy atom. The minimum Gasteiger partial charge on any atom is -0.479 e. The second-order valence-corrected chi connectivity index (χ2v) is 13.1. The molecule has 6 rings (SSSR count). The van der Waals surface area contributed by atoms with Crippen molar-refractivity contribution < 1.29 is 33.4 Å². The molecule has 5 aliphatic rings. The number of aryl methyl sites for hydroxylation is 1. The van der Waals surface area contributed by atoms with Crippen LogP contribution in [0.25, 0.3) is 0 Å². The minimum absolute atomic E-state index is 0.0659. The molecule has 194 valence electrons. The Morgan fingerprint density at radius 1 is 1.28 bits per heavy atom. The summed E-state index contributed by atoms with van der Waals surface area (Å²) in [7, 11) is 0. The molecular formula is C27H31F2NO5S.